The molecular weight excluding hydrogens is 342 g/mol. The third kappa shape index (κ3) is 3.23. The Balaban J connectivity index is 1.78. The first-order valence-electron chi connectivity index (χ1n) is 9.40. The van der Waals surface area contributed by atoms with Crippen LogP contribution < -0.4 is 10.5 Å². The van der Waals surface area contributed by atoms with Crippen molar-refractivity contribution >= 4 is 17.0 Å². The minimum absolute atomic E-state index is 0.156. The predicted octanol–water partition coefficient (Wildman–Crippen LogP) is 2.24. The number of H-pyrrole nitrogens is 1. The van der Waals surface area contributed by atoms with Crippen molar-refractivity contribution in [2.75, 3.05) is 24.6 Å². The van der Waals surface area contributed by atoms with Crippen molar-refractivity contribution in [3.63, 3.8) is 0 Å². The third-order valence-corrected chi connectivity index (χ3v) is 5.32. The zero-order chi connectivity index (χ0) is 19.1. The largest absolute Gasteiger partial charge is 0.396 e. The first-order chi connectivity index (χ1) is 13.0. The fraction of sp³-hybridized carbons (Fsp3) is 0.450. The van der Waals surface area contributed by atoms with Gasteiger partial charge in [0.1, 0.15) is 5.39 Å². The number of nitrogens with one attached hydrogen (secondary N) is 1. The Kier molecular flexibility index (Phi) is 4.47. The number of aromatic amines is 1. The molecule has 0 amide bonds. The maximum Gasteiger partial charge on any atom is 0.263 e. The molecule has 3 heterocycles. The molecule has 0 aliphatic carbocycles. The van der Waals surface area contributed by atoms with Crippen molar-refractivity contribution in [3.8, 4) is 5.69 Å². The number of benzene rings is 1. The number of aryl methyl sites for hydroxylation is 3. The molecule has 4 rings (SSSR count). The molecule has 27 heavy (non-hydrogen) atoms. The predicted molar refractivity (Wildman–Crippen MR) is 106 cm³/mol. The fourth-order valence-corrected chi connectivity index (χ4v) is 4.11. The number of hydrogen-bond acceptors (Lipinski definition) is 5. The fourth-order valence-electron chi connectivity index (χ4n) is 4.11. The van der Waals surface area contributed by atoms with E-state index in [1.54, 1.807) is 10.9 Å². The second kappa shape index (κ2) is 6.81. The van der Waals surface area contributed by atoms with E-state index in [0.29, 0.717) is 23.5 Å². The van der Waals surface area contributed by atoms with Gasteiger partial charge in [-0.3, -0.25) is 9.78 Å². The molecule has 1 atom stereocenters. The van der Waals surface area contributed by atoms with Gasteiger partial charge in [-0.1, -0.05) is 17.7 Å². The van der Waals surface area contributed by atoms with Gasteiger partial charge in [0.15, 0.2) is 5.65 Å². The highest BCUT2D eigenvalue weighted by Gasteiger charge is 2.22. The molecule has 1 aromatic carbocycles. The van der Waals surface area contributed by atoms with E-state index in [1.165, 1.54) is 5.56 Å². The summed E-state index contributed by atoms with van der Waals surface area (Å²) < 4.78 is 1.76. The van der Waals surface area contributed by atoms with Crippen LogP contribution in [0, 0.1) is 26.7 Å². The highest BCUT2D eigenvalue weighted by molar-refractivity contribution is 5.75. The number of aliphatic hydroxyl groups excluding tert-OH is 1. The molecule has 142 valence electrons. The molecule has 2 aromatic heterocycles. The number of aliphatic hydroxyl groups is 1. The van der Waals surface area contributed by atoms with Gasteiger partial charge in [-0.25, -0.2) is 4.68 Å². The molecule has 0 bridgehead atoms. The normalized spacial score (nSPS) is 17.6. The Hall–Kier alpha value is -2.67. The van der Waals surface area contributed by atoms with Crippen molar-refractivity contribution < 1.29 is 5.11 Å². The van der Waals surface area contributed by atoms with Crippen LogP contribution in [-0.4, -0.2) is 44.6 Å². The Morgan fingerprint density at radius 1 is 1.26 bits per heavy atom. The molecule has 1 aliphatic rings. The molecule has 1 aliphatic heterocycles. The summed E-state index contributed by atoms with van der Waals surface area (Å²) in [5.74, 6) is 0.753. The smallest absolute Gasteiger partial charge is 0.263 e. The molecule has 0 saturated carbocycles. The van der Waals surface area contributed by atoms with Crippen LogP contribution in [0.25, 0.3) is 16.7 Å². The Labute approximate surface area is 157 Å². The van der Waals surface area contributed by atoms with E-state index in [9.17, 15) is 9.90 Å². The van der Waals surface area contributed by atoms with Gasteiger partial charge in [-0.05, 0) is 50.7 Å². The van der Waals surface area contributed by atoms with Crippen LogP contribution in [0.4, 0.5) is 5.95 Å². The molecule has 7 heteroatoms. The quantitative estimate of drug-likeness (QED) is 0.741. The average Bonchev–Trinajstić information content (AvgIpc) is 3.05. The van der Waals surface area contributed by atoms with Crippen molar-refractivity contribution in [2.45, 2.75) is 33.6 Å². The third-order valence-electron chi connectivity index (χ3n) is 5.32. The Morgan fingerprint density at radius 2 is 2.00 bits per heavy atom. The van der Waals surface area contributed by atoms with Gasteiger partial charge in [0.2, 0.25) is 5.95 Å². The van der Waals surface area contributed by atoms with Crippen molar-refractivity contribution in [1.29, 1.82) is 0 Å². The lowest BCUT2D eigenvalue weighted by Gasteiger charge is -2.31. The number of fused-ring (bicyclic) bond motifs is 1. The lowest BCUT2D eigenvalue weighted by Crippen LogP contribution is -2.38. The van der Waals surface area contributed by atoms with Gasteiger partial charge in [0, 0.05) is 25.9 Å². The molecule has 3 aromatic rings. The average molecular weight is 367 g/mol. The van der Waals surface area contributed by atoms with Crippen LogP contribution in [0.3, 0.4) is 0 Å². The summed E-state index contributed by atoms with van der Waals surface area (Å²) in [4.78, 5) is 22.2. The van der Waals surface area contributed by atoms with Crippen LogP contribution in [-0.2, 0) is 0 Å². The summed E-state index contributed by atoms with van der Waals surface area (Å²) in [6.07, 6.45) is 3.73. The second-order valence-electron chi connectivity index (χ2n) is 7.58. The van der Waals surface area contributed by atoms with Gasteiger partial charge in [-0.15, -0.1) is 5.10 Å². The van der Waals surface area contributed by atoms with Gasteiger partial charge in [-0.2, -0.15) is 4.98 Å². The van der Waals surface area contributed by atoms with Crippen molar-refractivity contribution in [1.82, 2.24) is 19.7 Å². The van der Waals surface area contributed by atoms with Crippen LogP contribution in [0.15, 0.2) is 23.1 Å². The molecule has 2 N–H and O–H groups in total. The molecule has 0 radical (unpaired) electrons. The van der Waals surface area contributed by atoms with E-state index in [-0.39, 0.29) is 18.1 Å². The summed E-state index contributed by atoms with van der Waals surface area (Å²) in [5, 5.41) is 14.5. The number of nitrogens with zero attached hydrogens (tertiary/aromatic N) is 4. The maximum atomic E-state index is 12.6. The minimum atomic E-state index is -0.185. The Bertz CT molecular complexity index is 1030. The van der Waals surface area contributed by atoms with Crippen molar-refractivity contribution in [3.05, 3.63) is 45.4 Å². The second-order valence-corrected chi connectivity index (χ2v) is 7.58. The van der Waals surface area contributed by atoms with Gasteiger partial charge in [0.25, 0.3) is 5.56 Å². The summed E-state index contributed by atoms with van der Waals surface area (Å²) in [6, 6.07) is 4.22. The number of hydrogen-bond donors (Lipinski definition) is 2. The lowest BCUT2D eigenvalue weighted by molar-refractivity contribution is 0.208. The van der Waals surface area contributed by atoms with E-state index in [1.807, 2.05) is 18.7 Å². The molecule has 7 nitrogen and oxygen atoms in total. The van der Waals surface area contributed by atoms with E-state index in [4.69, 9.17) is 0 Å². The number of piperidine rings is 1. The number of rotatable bonds is 3. The highest BCUT2D eigenvalue weighted by atomic mass is 16.3. The van der Waals surface area contributed by atoms with Gasteiger partial charge in [0.05, 0.1) is 5.69 Å². The first kappa shape index (κ1) is 17.7. The standard InChI is InChI=1S/C20H25N5O2/c1-12-7-13(2)17(14(3)8-12)25-10-16-18(23-25)21-20(22-19(16)27)24-6-4-5-15(9-24)11-26/h7-8,10,15,26H,4-6,9,11H2,1-3H3,(H,21,22,23,27). The zero-order valence-electron chi connectivity index (χ0n) is 16.0. The number of aromatic nitrogens is 4. The van der Waals surface area contributed by atoms with E-state index >= 15 is 0 Å². The molecule has 1 unspecified atom stereocenters. The molecule has 0 spiro atoms. The maximum absolute atomic E-state index is 12.6. The first-order valence-corrected chi connectivity index (χ1v) is 9.40. The summed E-state index contributed by atoms with van der Waals surface area (Å²) >= 11 is 0. The van der Waals surface area contributed by atoms with E-state index < -0.39 is 0 Å². The van der Waals surface area contributed by atoms with E-state index in [0.717, 1.165) is 36.2 Å². The monoisotopic (exact) mass is 367 g/mol. The molecular formula is C20H25N5O2. The highest BCUT2D eigenvalue weighted by Crippen LogP contribution is 2.23. The topological polar surface area (TPSA) is 87.0 Å². The van der Waals surface area contributed by atoms with Crippen LogP contribution in [0.5, 0.6) is 0 Å². The molecule has 1 fully saturated rings. The van der Waals surface area contributed by atoms with Crippen LogP contribution in [0.1, 0.15) is 29.5 Å². The Morgan fingerprint density at radius 3 is 2.70 bits per heavy atom. The summed E-state index contributed by atoms with van der Waals surface area (Å²) in [6.45, 7) is 7.84. The SMILES string of the molecule is Cc1cc(C)c(-n2cc3c(=O)[nH]c(N4CCCC(CO)C4)nc3n2)c(C)c1. The minimum Gasteiger partial charge on any atom is -0.396 e. The zero-order valence-corrected chi connectivity index (χ0v) is 16.0. The lowest BCUT2D eigenvalue weighted by atomic mass is 9.99. The van der Waals surface area contributed by atoms with Crippen molar-refractivity contribution in [2.24, 2.45) is 5.92 Å². The van der Waals surface area contributed by atoms with E-state index in [2.05, 4.69) is 34.1 Å². The molecule has 1 saturated heterocycles. The summed E-state index contributed by atoms with van der Waals surface area (Å²) in [7, 11) is 0. The van der Waals surface area contributed by atoms with Crippen LogP contribution in [0.2, 0.25) is 0 Å². The number of anilines is 1. The van der Waals surface area contributed by atoms with Gasteiger partial charge < -0.3 is 10.0 Å². The van der Waals surface area contributed by atoms with Crippen LogP contribution >= 0.6 is 0 Å². The summed E-state index contributed by atoms with van der Waals surface area (Å²) in [5.41, 5.74) is 4.66. The van der Waals surface area contributed by atoms with Gasteiger partial charge >= 0.3 is 0 Å².